The molecule has 0 aliphatic heterocycles. The number of hydrogen-bond donors (Lipinski definition) is 1. The largest absolute Gasteiger partial charge is 0.467 e. The van der Waals surface area contributed by atoms with Crippen molar-refractivity contribution in [2.24, 2.45) is 0 Å². The predicted molar refractivity (Wildman–Crippen MR) is 59.5 cm³/mol. The van der Waals surface area contributed by atoms with Gasteiger partial charge in [0.2, 0.25) is 0 Å². The molecule has 1 aromatic carbocycles. The Morgan fingerprint density at radius 1 is 1.33 bits per heavy atom. The van der Waals surface area contributed by atoms with Crippen LogP contribution in [0.1, 0.15) is 19.4 Å². The molecule has 3 nitrogen and oxygen atoms in total. The van der Waals surface area contributed by atoms with E-state index in [1.165, 1.54) is 7.11 Å². The SMILES string of the molecule is CC.COC(=O)C(O)Cc1ccccc1. The molecular weight excluding hydrogens is 192 g/mol. The molecule has 0 aliphatic rings. The van der Waals surface area contributed by atoms with Crippen molar-refractivity contribution in [3.63, 3.8) is 0 Å². The van der Waals surface area contributed by atoms with Gasteiger partial charge in [0, 0.05) is 6.42 Å². The van der Waals surface area contributed by atoms with Crippen LogP contribution in [-0.2, 0) is 16.0 Å². The summed E-state index contributed by atoms with van der Waals surface area (Å²) in [5, 5.41) is 9.30. The Hall–Kier alpha value is -1.35. The molecule has 1 aromatic rings. The first-order valence-electron chi connectivity index (χ1n) is 5.04. The van der Waals surface area contributed by atoms with Gasteiger partial charge in [0.25, 0.3) is 0 Å². The summed E-state index contributed by atoms with van der Waals surface area (Å²) in [6, 6.07) is 9.31. The molecule has 1 rings (SSSR count). The van der Waals surface area contributed by atoms with E-state index >= 15 is 0 Å². The standard InChI is InChI=1S/C10H12O3.C2H6/c1-13-10(12)9(11)7-8-5-3-2-4-6-8;1-2/h2-6,9,11H,7H2,1H3;1-2H3. The number of ether oxygens (including phenoxy) is 1. The molecule has 1 atom stereocenters. The molecule has 0 spiro atoms. The van der Waals surface area contributed by atoms with Crippen molar-refractivity contribution in [3.8, 4) is 0 Å². The molecule has 3 heteroatoms. The van der Waals surface area contributed by atoms with Crippen LogP contribution < -0.4 is 0 Å². The van der Waals surface area contributed by atoms with Crippen LogP contribution >= 0.6 is 0 Å². The maximum Gasteiger partial charge on any atom is 0.335 e. The molecule has 0 fully saturated rings. The first kappa shape index (κ1) is 13.7. The summed E-state index contributed by atoms with van der Waals surface area (Å²) in [5.41, 5.74) is 0.917. The van der Waals surface area contributed by atoms with Gasteiger partial charge in [-0.3, -0.25) is 0 Å². The Morgan fingerprint density at radius 3 is 2.33 bits per heavy atom. The lowest BCUT2D eigenvalue weighted by atomic mass is 10.1. The van der Waals surface area contributed by atoms with E-state index in [1.54, 1.807) is 0 Å². The Labute approximate surface area is 90.7 Å². The first-order chi connectivity index (χ1) is 7.24. The molecule has 84 valence electrons. The minimum absolute atomic E-state index is 0.299. The molecule has 0 amide bonds. The lowest BCUT2D eigenvalue weighted by Crippen LogP contribution is -2.23. The first-order valence-corrected chi connectivity index (χ1v) is 5.04. The van der Waals surface area contributed by atoms with Gasteiger partial charge in [0.05, 0.1) is 7.11 Å². The van der Waals surface area contributed by atoms with Crippen molar-refractivity contribution < 1.29 is 14.6 Å². The van der Waals surface area contributed by atoms with Crippen molar-refractivity contribution in [2.75, 3.05) is 7.11 Å². The minimum Gasteiger partial charge on any atom is -0.467 e. The smallest absolute Gasteiger partial charge is 0.335 e. The monoisotopic (exact) mass is 210 g/mol. The normalized spacial score (nSPS) is 10.9. The number of aliphatic hydroxyl groups is 1. The molecule has 15 heavy (non-hydrogen) atoms. The van der Waals surface area contributed by atoms with E-state index in [4.69, 9.17) is 0 Å². The summed E-state index contributed by atoms with van der Waals surface area (Å²) >= 11 is 0. The fraction of sp³-hybridized carbons (Fsp3) is 0.417. The average Bonchev–Trinajstić information content (AvgIpc) is 2.32. The lowest BCUT2D eigenvalue weighted by molar-refractivity contribution is -0.150. The van der Waals surface area contributed by atoms with Crippen LogP contribution in [0.4, 0.5) is 0 Å². The summed E-state index contributed by atoms with van der Waals surface area (Å²) < 4.78 is 4.40. The number of aliphatic hydroxyl groups excluding tert-OH is 1. The number of carbonyl (C=O) groups is 1. The van der Waals surface area contributed by atoms with Crippen molar-refractivity contribution in [1.82, 2.24) is 0 Å². The van der Waals surface area contributed by atoms with E-state index in [2.05, 4.69) is 4.74 Å². The van der Waals surface area contributed by atoms with E-state index in [-0.39, 0.29) is 0 Å². The molecule has 1 unspecified atom stereocenters. The third kappa shape index (κ3) is 5.18. The van der Waals surface area contributed by atoms with Crippen molar-refractivity contribution in [3.05, 3.63) is 35.9 Å². The maximum atomic E-state index is 10.8. The second kappa shape index (κ2) is 8.00. The third-order valence-electron chi connectivity index (χ3n) is 1.75. The Bertz CT molecular complexity index is 269. The highest BCUT2D eigenvalue weighted by molar-refractivity contribution is 5.74. The highest BCUT2D eigenvalue weighted by Gasteiger charge is 2.14. The minimum atomic E-state index is -1.06. The van der Waals surface area contributed by atoms with Gasteiger partial charge in [-0.2, -0.15) is 0 Å². The lowest BCUT2D eigenvalue weighted by Gasteiger charge is -2.07. The molecule has 0 saturated heterocycles. The van der Waals surface area contributed by atoms with Crippen LogP contribution in [-0.4, -0.2) is 24.3 Å². The second-order valence-corrected chi connectivity index (χ2v) is 2.73. The zero-order chi connectivity index (χ0) is 11.7. The van der Waals surface area contributed by atoms with E-state index in [0.717, 1.165) is 5.56 Å². The van der Waals surface area contributed by atoms with Crippen molar-refractivity contribution >= 4 is 5.97 Å². The van der Waals surface area contributed by atoms with Gasteiger partial charge in [0.1, 0.15) is 0 Å². The van der Waals surface area contributed by atoms with Crippen LogP contribution in [0.5, 0.6) is 0 Å². The van der Waals surface area contributed by atoms with Gasteiger partial charge < -0.3 is 9.84 Å². The van der Waals surface area contributed by atoms with Gasteiger partial charge >= 0.3 is 5.97 Å². The summed E-state index contributed by atoms with van der Waals surface area (Å²) in [6.07, 6.45) is -0.763. The maximum absolute atomic E-state index is 10.8. The number of esters is 1. The van der Waals surface area contributed by atoms with E-state index in [9.17, 15) is 9.90 Å². The average molecular weight is 210 g/mol. The van der Waals surface area contributed by atoms with Gasteiger partial charge in [-0.15, -0.1) is 0 Å². The van der Waals surface area contributed by atoms with Crippen LogP contribution in [0.3, 0.4) is 0 Å². The molecular formula is C12H18O3. The van der Waals surface area contributed by atoms with Crippen LogP contribution in [0.2, 0.25) is 0 Å². The summed E-state index contributed by atoms with van der Waals surface area (Å²) in [6.45, 7) is 4.00. The van der Waals surface area contributed by atoms with Gasteiger partial charge in [-0.1, -0.05) is 44.2 Å². The molecule has 0 bridgehead atoms. The van der Waals surface area contributed by atoms with Gasteiger partial charge in [0.15, 0.2) is 6.10 Å². The highest BCUT2D eigenvalue weighted by atomic mass is 16.5. The molecule has 0 heterocycles. The molecule has 0 aromatic heterocycles. The van der Waals surface area contributed by atoms with Gasteiger partial charge in [-0.05, 0) is 5.56 Å². The topological polar surface area (TPSA) is 46.5 Å². The Kier molecular flexibility index (Phi) is 7.28. The molecule has 0 radical (unpaired) electrons. The Balaban J connectivity index is 0.000000921. The summed E-state index contributed by atoms with van der Waals surface area (Å²) in [7, 11) is 1.26. The third-order valence-corrected chi connectivity index (χ3v) is 1.75. The molecule has 0 aliphatic carbocycles. The van der Waals surface area contributed by atoms with E-state index in [0.29, 0.717) is 6.42 Å². The second-order valence-electron chi connectivity index (χ2n) is 2.73. The number of carbonyl (C=O) groups excluding carboxylic acids is 1. The van der Waals surface area contributed by atoms with Crippen LogP contribution in [0, 0.1) is 0 Å². The number of benzene rings is 1. The van der Waals surface area contributed by atoms with Crippen molar-refractivity contribution in [2.45, 2.75) is 26.4 Å². The quantitative estimate of drug-likeness (QED) is 0.774. The summed E-state index contributed by atoms with van der Waals surface area (Å²) in [5.74, 6) is -0.594. The molecule has 0 saturated carbocycles. The summed E-state index contributed by atoms with van der Waals surface area (Å²) in [4.78, 5) is 10.8. The fourth-order valence-corrected chi connectivity index (χ4v) is 1.06. The number of rotatable bonds is 3. The predicted octanol–water partition coefficient (Wildman–Crippen LogP) is 1.79. The van der Waals surface area contributed by atoms with Crippen molar-refractivity contribution in [1.29, 1.82) is 0 Å². The molecule has 1 N–H and O–H groups in total. The van der Waals surface area contributed by atoms with Crippen LogP contribution in [0.25, 0.3) is 0 Å². The zero-order valence-electron chi connectivity index (χ0n) is 9.43. The Morgan fingerprint density at radius 2 is 1.87 bits per heavy atom. The van der Waals surface area contributed by atoms with E-state index in [1.807, 2.05) is 44.2 Å². The number of hydrogen-bond acceptors (Lipinski definition) is 3. The zero-order valence-corrected chi connectivity index (χ0v) is 9.43. The van der Waals surface area contributed by atoms with E-state index < -0.39 is 12.1 Å². The van der Waals surface area contributed by atoms with Gasteiger partial charge in [-0.25, -0.2) is 4.79 Å². The van der Waals surface area contributed by atoms with Crippen LogP contribution in [0.15, 0.2) is 30.3 Å². The fourth-order valence-electron chi connectivity index (χ4n) is 1.06. The highest BCUT2D eigenvalue weighted by Crippen LogP contribution is 2.03. The number of methoxy groups -OCH3 is 1.